The quantitative estimate of drug-likeness (QED) is 0.817. The van der Waals surface area contributed by atoms with Gasteiger partial charge in [-0.05, 0) is 25.1 Å². The van der Waals surface area contributed by atoms with Crippen molar-refractivity contribution in [3.63, 3.8) is 0 Å². The Morgan fingerprint density at radius 1 is 1.45 bits per heavy atom. The number of benzene rings is 1. The van der Waals surface area contributed by atoms with Crippen LogP contribution in [-0.2, 0) is 9.47 Å². The first-order valence-corrected chi connectivity index (χ1v) is 8.31. The number of halogens is 1. The first kappa shape index (κ1) is 16.1. The van der Waals surface area contributed by atoms with Gasteiger partial charge in [0.15, 0.2) is 0 Å². The fraction of sp³-hybridized carbons (Fsp3) is 0.600. The van der Waals surface area contributed by atoms with E-state index in [9.17, 15) is 5.11 Å². The van der Waals surface area contributed by atoms with Gasteiger partial charge in [-0.2, -0.15) is 0 Å². The van der Waals surface area contributed by atoms with Crippen LogP contribution in [0.25, 0.3) is 0 Å². The van der Waals surface area contributed by atoms with Crippen molar-refractivity contribution < 1.29 is 14.6 Å². The zero-order valence-electron chi connectivity index (χ0n) is 11.7. The average molecular weight is 317 g/mol. The molecule has 1 N–H and O–H groups in total. The molecule has 1 aliphatic heterocycles. The van der Waals surface area contributed by atoms with E-state index in [1.165, 1.54) is 0 Å². The lowest BCUT2D eigenvalue weighted by Gasteiger charge is -2.40. The maximum Gasteiger partial charge on any atom is 0.0992 e. The molecule has 1 saturated heterocycles. The molecule has 1 aromatic rings. The predicted molar refractivity (Wildman–Crippen MR) is 82.6 cm³/mol. The molecule has 0 saturated carbocycles. The molecule has 5 heteroatoms. The van der Waals surface area contributed by atoms with Crippen LogP contribution in [0.2, 0.25) is 5.02 Å². The summed E-state index contributed by atoms with van der Waals surface area (Å²) < 4.78 is 11.3. The number of hydrogen-bond donors (Lipinski definition) is 1. The second kappa shape index (κ2) is 7.66. The first-order valence-electron chi connectivity index (χ1n) is 6.94. The molecule has 0 aliphatic carbocycles. The fourth-order valence-electron chi connectivity index (χ4n) is 2.46. The summed E-state index contributed by atoms with van der Waals surface area (Å²) in [5.74, 6) is 0.598. The predicted octanol–water partition coefficient (Wildman–Crippen LogP) is 3.38. The number of aliphatic hydroxyl groups is 1. The molecule has 20 heavy (non-hydrogen) atoms. The van der Waals surface area contributed by atoms with Gasteiger partial charge in [-0.3, -0.25) is 0 Å². The molecule has 3 nitrogen and oxygen atoms in total. The molecule has 1 heterocycles. The van der Waals surface area contributed by atoms with Crippen molar-refractivity contribution in [3.8, 4) is 0 Å². The van der Waals surface area contributed by atoms with Crippen LogP contribution in [0.1, 0.15) is 19.8 Å². The number of thioether (sulfide) groups is 1. The van der Waals surface area contributed by atoms with E-state index in [1.54, 1.807) is 11.8 Å². The molecule has 1 atom stereocenters. The minimum absolute atomic E-state index is 0.460. The summed E-state index contributed by atoms with van der Waals surface area (Å²) in [5.41, 5.74) is -0.460. The molecule has 0 amide bonds. The number of ether oxygens (including phenoxy) is 2. The smallest absolute Gasteiger partial charge is 0.0992 e. The Kier molecular flexibility index (Phi) is 6.18. The number of hydrogen-bond acceptors (Lipinski definition) is 4. The van der Waals surface area contributed by atoms with E-state index in [2.05, 4.69) is 0 Å². The lowest BCUT2D eigenvalue weighted by Crippen LogP contribution is -2.50. The number of rotatable bonds is 6. The van der Waals surface area contributed by atoms with Gasteiger partial charge in [0.2, 0.25) is 0 Å². The summed E-state index contributed by atoms with van der Waals surface area (Å²) in [6.45, 7) is 3.88. The van der Waals surface area contributed by atoms with Crippen LogP contribution in [0.3, 0.4) is 0 Å². The lowest BCUT2D eigenvalue weighted by molar-refractivity contribution is -0.159. The van der Waals surface area contributed by atoms with Crippen LogP contribution in [0, 0.1) is 0 Å². The van der Waals surface area contributed by atoms with Crippen LogP contribution in [-0.4, -0.2) is 42.4 Å². The second-order valence-corrected chi connectivity index (χ2v) is 6.42. The SMILES string of the molecule is CCOC1(C(O)CSc2cccc(Cl)c2)CCOCC1. The highest BCUT2D eigenvalue weighted by Crippen LogP contribution is 2.32. The van der Waals surface area contributed by atoms with Gasteiger partial charge in [-0.15, -0.1) is 11.8 Å². The van der Waals surface area contributed by atoms with Crippen molar-refractivity contribution in [2.45, 2.75) is 36.4 Å². The summed E-state index contributed by atoms with van der Waals surface area (Å²) in [5, 5.41) is 11.3. The van der Waals surface area contributed by atoms with E-state index in [4.69, 9.17) is 21.1 Å². The van der Waals surface area contributed by atoms with Crippen molar-refractivity contribution >= 4 is 23.4 Å². The topological polar surface area (TPSA) is 38.7 Å². The first-order chi connectivity index (χ1) is 9.66. The molecule has 0 aromatic heterocycles. The summed E-state index contributed by atoms with van der Waals surface area (Å²) in [4.78, 5) is 1.07. The van der Waals surface area contributed by atoms with Crippen LogP contribution < -0.4 is 0 Å². The lowest BCUT2D eigenvalue weighted by atomic mass is 9.88. The summed E-state index contributed by atoms with van der Waals surface area (Å²) in [6, 6.07) is 7.68. The van der Waals surface area contributed by atoms with Gasteiger partial charge >= 0.3 is 0 Å². The molecule has 1 unspecified atom stereocenters. The molecular weight excluding hydrogens is 296 g/mol. The van der Waals surface area contributed by atoms with Gasteiger partial charge in [0.25, 0.3) is 0 Å². The van der Waals surface area contributed by atoms with Crippen molar-refractivity contribution in [2.24, 2.45) is 0 Å². The Morgan fingerprint density at radius 3 is 2.85 bits per heavy atom. The largest absolute Gasteiger partial charge is 0.389 e. The van der Waals surface area contributed by atoms with E-state index in [-0.39, 0.29) is 0 Å². The highest BCUT2D eigenvalue weighted by molar-refractivity contribution is 7.99. The van der Waals surface area contributed by atoms with E-state index in [0.29, 0.717) is 25.6 Å². The summed E-state index contributed by atoms with van der Waals surface area (Å²) in [7, 11) is 0. The second-order valence-electron chi connectivity index (χ2n) is 4.89. The third-order valence-electron chi connectivity index (χ3n) is 3.58. The molecule has 1 aromatic carbocycles. The maximum absolute atomic E-state index is 10.6. The van der Waals surface area contributed by atoms with Gasteiger partial charge in [0.1, 0.15) is 0 Å². The zero-order chi connectivity index (χ0) is 14.4. The summed E-state index contributed by atoms with van der Waals surface area (Å²) in [6.07, 6.45) is 0.992. The van der Waals surface area contributed by atoms with Crippen LogP contribution in [0.4, 0.5) is 0 Å². The third-order valence-corrected chi connectivity index (χ3v) is 4.89. The van der Waals surface area contributed by atoms with Crippen LogP contribution in [0.5, 0.6) is 0 Å². The highest BCUT2D eigenvalue weighted by Gasteiger charge is 2.40. The van der Waals surface area contributed by atoms with E-state index in [0.717, 1.165) is 22.8 Å². The van der Waals surface area contributed by atoms with Gasteiger partial charge in [-0.25, -0.2) is 0 Å². The Morgan fingerprint density at radius 2 is 2.20 bits per heavy atom. The Hall–Kier alpha value is -0.260. The van der Waals surface area contributed by atoms with E-state index < -0.39 is 11.7 Å². The average Bonchev–Trinajstić information content (AvgIpc) is 2.46. The summed E-state index contributed by atoms with van der Waals surface area (Å²) >= 11 is 7.57. The Balaban J connectivity index is 1.96. The number of aliphatic hydroxyl groups excluding tert-OH is 1. The van der Waals surface area contributed by atoms with Crippen LogP contribution in [0.15, 0.2) is 29.2 Å². The molecule has 1 fully saturated rings. The van der Waals surface area contributed by atoms with Crippen LogP contribution >= 0.6 is 23.4 Å². The van der Waals surface area contributed by atoms with E-state index >= 15 is 0 Å². The fourth-order valence-corrected chi connectivity index (χ4v) is 3.76. The highest BCUT2D eigenvalue weighted by atomic mass is 35.5. The molecule has 1 aliphatic rings. The Labute approximate surface area is 129 Å². The minimum atomic E-state index is -0.504. The third kappa shape index (κ3) is 4.12. The van der Waals surface area contributed by atoms with Gasteiger partial charge in [0.05, 0.1) is 11.7 Å². The van der Waals surface area contributed by atoms with Crippen molar-refractivity contribution in [1.82, 2.24) is 0 Å². The van der Waals surface area contributed by atoms with Gasteiger partial charge < -0.3 is 14.6 Å². The zero-order valence-corrected chi connectivity index (χ0v) is 13.3. The van der Waals surface area contributed by atoms with Crippen molar-refractivity contribution in [3.05, 3.63) is 29.3 Å². The van der Waals surface area contributed by atoms with E-state index in [1.807, 2.05) is 31.2 Å². The minimum Gasteiger partial charge on any atom is -0.389 e. The molecule has 0 radical (unpaired) electrons. The molecular formula is C15H21ClO3S. The molecule has 2 rings (SSSR count). The van der Waals surface area contributed by atoms with Crippen molar-refractivity contribution in [1.29, 1.82) is 0 Å². The maximum atomic E-state index is 10.6. The van der Waals surface area contributed by atoms with Gasteiger partial charge in [-0.1, -0.05) is 17.7 Å². The Bertz CT molecular complexity index is 416. The monoisotopic (exact) mass is 316 g/mol. The normalized spacial score (nSPS) is 19.8. The standard InChI is InChI=1S/C15H21ClO3S/c1-2-19-15(6-8-18-9-7-15)14(17)11-20-13-5-3-4-12(16)10-13/h3-5,10,14,17H,2,6-9,11H2,1H3. The molecule has 0 bridgehead atoms. The van der Waals surface area contributed by atoms with Gasteiger partial charge in [0, 0.05) is 48.3 Å². The molecule has 112 valence electrons. The molecule has 0 spiro atoms. The van der Waals surface area contributed by atoms with Crippen molar-refractivity contribution in [2.75, 3.05) is 25.6 Å².